The molecular weight excluding hydrogens is 225 g/mol. The molecule has 17 heavy (non-hydrogen) atoms. The van der Waals surface area contributed by atoms with Gasteiger partial charge < -0.3 is 14.7 Å². The second-order valence-corrected chi connectivity index (χ2v) is 4.01. The number of rotatable bonds is 4. The van der Waals surface area contributed by atoms with Crippen molar-refractivity contribution < 1.29 is 19.0 Å². The molecule has 1 saturated heterocycles. The first-order valence-electron chi connectivity index (χ1n) is 5.50. The lowest BCUT2D eigenvalue weighted by atomic mass is 10.1. The van der Waals surface area contributed by atoms with E-state index in [9.17, 15) is 9.18 Å². The Kier molecular flexibility index (Phi) is 3.58. The van der Waals surface area contributed by atoms with Crippen molar-refractivity contribution in [3.8, 4) is 0 Å². The van der Waals surface area contributed by atoms with Crippen molar-refractivity contribution in [1.29, 1.82) is 0 Å². The van der Waals surface area contributed by atoms with Gasteiger partial charge in [-0.25, -0.2) is 9.18 Å². The van der Waals surface area contributed by atoms with E-state index in [-0.39, 0.29) is 12.4 Å². The fourth-order valence-electron chi connectivity index (χ4n) is 1.77. The Balaban J connectivity index is 1.86. The predicted molar refractivity (Wildman–Crippen MR) is 59.0 cm³/mol. The van der Waals surface area contributed by atoms with Crippen LogP contribution in [0.15, 0.2) is 24.3 Å². The summed E-state index contributed by atoms with van der Waals surface area (Å²) in [7, 11) is 0. The Labute approximate surface area is 98.6 Å². The highest BCUT2D eigenvalue weighted by Gasteiger charge is 2.29. The lowest BCUT2D eigenvalue weighted by Crippen LogP contribution is -2.28. The number of benzene rings is 1. The second-order valence-electron chi connectivity index (χ2n) is 4.01. The molecule has 2 rings (SSSR count). The molecule has 1 fully saturated rings. The summed E-state index contributed by atoms with van der Waals surface area (Å²) in [5.41, 5.74) is 0.964. The monoisotopic (exact) mass is 239 g/mol. The van der Waals surface area contributed by atoms with Crippen molar-refractivity contribution in [3.05, 3.63) is 35.6 Å². The highest BCUT2D eigenvalue weighted by molar-refractivity contribution is 5.69. The van der Waals surface area contributed by atoms with E-state index in [1.54, 1.807) is 17.0 Å². The summed E-state index contributed by atoms with van der Waals surface area (Å²) in [4.78, 5) is 12.9. The van der Waals surface area contributed by atoms with Gasteiger partial charge in [-0.1, -0.05) is 12.1 Å². The van der Waals surface area contributed by atoms with E-state index >= 15 is 0 Å². The number of aliphatic hydroxyl groups excluding tert-OH is 1. The van der Waals surface area contributed by atoms with Crippen molar-refractivity contribution >= 4 is 6.09 Å². The fourth-order valence-corrected chi connectivity index (χ4v) is 1.77. The second kappa shape index (κ2) is 5.14. The Morgan fingerprint density at radius 2 is 2.12 bits per heavy atom. The number of carbonyl (C=O) groups is 1. The number of nitrogens with zero attached hydrogens (tertiary/aromatic N) is 1. The standard InChI is InChI=1S/C12H14FNO3/c13-10-3-1-9(2-4-10)5-6-14-7-11(8-15)17-12(14)16/h1-4,11,15H,5-8H2. The average Bonchev–Trinajstić information content (AvgIpc) is 2.69. The lowest BCUT2D eigenvalue weighted by Gasteiger charge is -2.12. The van der Waals surface area contributed by atoms with Crippen LogP contribution in [0.2, 0.25) is 0 Å². The predicted octanol–water partition coefficient (Wildman–Crippen LogP) is 1.18. The van der Waals surface area contributed by atoms with E-state index in [0.29, 0.717) is 19.5 Å². The van der Waals surface area contributed by atoms with Gasteiger partial charge in [0.05, 0.1) is 13.2 Å². The number of amides is 1. The van der Waals surface area contributed by atoms with E-state index in [1.807, 2.05) is 0 Å². The number of halogens is 1. The van der Waals surface area contributed by atoms with Crippen LogP contribution in [0.5, 0.6) is 0 Å². The maximum atomic E-state index is 12.7. The van der Waals surface area contributed by atoms with E-state index in [1.165, 1.54) is 12.1 Å². The zero-order chi connectivity index (χ0) is 12.3. The van der Waals surface area contributed by atoms with Crippen LogP contribution in [0.25, 0.3) is 0 Å². The number of hydrogen-bond donors (Lipinski definition) is 1. The molecule has 1 aliphatic rings. The molecule has 0 aliphatic carbocycles. The summed E-state index contributed by atoms with van der Waals surface area (Å²) in [6.45, 7) is 0.774. The maximum Gasteiger partial charge on any atom is 0.410 e. The first-order valence-corrected chi connectivity index (χ1v) is 5.50. The molecule has 1 aromatic rings. The third-order valence-electron chi connectivity index (χ3n) is 2.74. The van der Waals surface area contributed by atoms with Crippen LogP contribution in [0.1, 0.15) is 5.56 Å². The third kappa shape index (κ3) is 2.94. The Morgan fingerprint density at radius 3 is 2.71 bits per heavy atom. The number of ether oxygens (including phenoxy) is 1. The van der Waals surface area contributed by atoms with Crippen molar-refractivity contribution in [2.75, 3.05) is 19.7 Å². The molecule has 1 aromatic carbocycles. The first-order chi connectivity index (χ1) is 8.19. The van der Waals surface area contributed by atoms with Crippen LogP contribution >= 0.6 is 0 Å². The maximum absolute atomic E-state index is 12.7. The molecule has 1 amide bonds. The number of hydrogen-bond acceptors (Lipinski definition) is 3. The normalized spacial score (nSPS) is 19.5. The molecule has 1 atom stereocenters. The van der Waals surface area contributed by atoms with Gasteiger partial charge in [0.25, 0.3) is 0 Å². The number of carbonyl (C=O) groups excluding carboxylic acids is 1. The van der Waals surface area contributed by atoms with Gasteiger partial charge in [-0.3, -0.25) is 0 Å². The molecule has 5 heteroatoms. The Morgan fingerprint density at radius 1 is 1.41 bits per heavy atom. The molecule has 0 spiro atoms. The largest absolute Gasteiger partial charge is 0.442 e. The summed E-state index contributed by atoms with van der Waals surface area (Å²) in [6.07, 6.45) is -0.171. The molecular formula is C12H14FNO3. The Bertz CT molecular complexity index is 393. The van der Waals surface area contributed by atoms with Gasteiger partial charge in [0, 0.05) is 6.54 Å². The van der Waals surface area contributed by atoms with Crippen LogP contribution in [0.4, 0.5) is 9.18 Å². The smallest absolute Gasteiger partial charge is 0.410 e. The van der Waals surface area contributed by atoms with E-state index in [0.717, 1.165) is 5.56 Å². The zero-order valence-electron chi connectivity index (χ0n) is 9.30. The molecule has 1 heterocycles. The van der Waals surface area contributed by atoms with Gasteiger partial charge >= 0.3 is 6.09 Å². The molecule has 0 aromatic heterocycles. The van der Waals surface area contributed by atoms with Crippen LogP contribution in [0, 0.1) is 5.82 Å². The van der Waals surface area contributed by atoms with Crippen molar-refractivity contribution in [1.82, 2.24) is 4.90 Å². The topological polar surface area (TPSA) is 49.8 Å². The van der Waals surface area contributed by atoms with E-state index < -0.39 is 12.2 Å². The molecule has 4 nitrogen and oxygen atoms in total. The van der Waals surface area contributed by atoms with Gasteiger partial charge in [-0.15, -0.1) is 0 Å². The Hall–Kier alpha value is -1.62. The lowest BCUT2D eigenvalue weighted by molar-refractivity contribution is 0.0948. The highest BCUT2D eigenvalue weighted by atomic mass is 19.1. The van der Waals surface area contributed by atoms with E-state index in [4.69, 9.17) is 9.84 Å². The summed E-state index contributed by atoms with van der Waals surface area (Å²) in [5, 5.41) is 8.87. The third-order valence-corrected chi connectivity index (χ3v) is 2.74. The van der Waals surface area contributed by atoms with Gasteiger partial charge in [-0.05, 0) is 24.1 Å². The highest BCUT2D eigenvalue weighted by Crippen LogP contribution is 2.12. The summed E-state index contributed by atoms with van der Waals surface area (Å²) in [5.74, 6) is -0.269. The van der Waals surface area contributed by atoms with Crippen molar-refractivity contribution in [2.24, 2.45) is 0 Å². The number of cyclic esters (lactones) is 1. The molecule has 1 N–H and O–H groups in total. The van der Waals surface area contributed by atoms with Gasteiger partial charge in [0.1, 0.15) is 11.9 Å². The van der Waals surface area contributed by atoms with Crippen LogP contribution in [-0.2, 0) is 11.2 Å². The van der Waals surface area contributed by atoms with Crippen LogP contribution in [-0.4, -0.2) is 41.9 Å². The molecule has 0 radical (unpaired) electrons. The van der Waals surface area contributed by atoms with Gasteiger partial charge in [0.15, 0.2) is 0 Å². The quantitative estimate of drug-likeness (QED) is 0.858. The van der Waals surface area contributed by atoms with Crippen molar-refractivity contribution in [3.63, 3.8) is 0 Å². The fraction of sp³-hybridized carbons (Fsp3) is 0.417. The minimum Gasteiger partial charge on any atom is -0.442 e. The van der Waals surface area contributed by atoms with Crippen LogP contribution < -0.4 is 0 Å². The number of aliphatic hydroxyl groups is 1. The zero-order valence-corrected chi connectivity index (χ0v) is 9.30. The molecule has 92 valence electrons. The summed E-state index contributed by atoms with van der Waals surface area (Å²) >= 11 is 0. The molecule has 1 aliphatic heterocycles. The minimum atomic E-state index is -0.421. The van der Waals surface area contributed by atoms with Crippen molar-refractivity contribution in [2.45, 2.75) is 12.5 Å². The van der Waals surface area contributed by atoms with Gasteiger partial charge in [0.2, 0.25) is 0 Å². The SMILES string of the molecule is O=C1OC(CO)CN1CCc1ccc(F)cc1. The summed E-state index contributed by atoms with van der Waals surface area (Å²) < 4.78 is 17.6. The molecule has 0 saturated carbocycles. The van der Waals surface area contributed by atoms with Crippen LogP contribution in [0.3, 0.4) is 0 Å². The van der Waals surface area contributed by atoms with E-state index in [2.05, 4.69) is 0 Å². The first kappa shape index (κ1) is 11.9. The molecule has 0 bridgehead atoms. The van der Waals surface area contributed by atoms with Gasteiger partial charge in [-0.2, -0.15) is 0 Å². The minimum absolute atomic E-state index is 0.154. The average molecular weight is 239 g/mol. The molecule has 1 unspecified atom stereocenters. The summed E-state index contributed by atoms with van der Waals surface area (Å²) in [6, 6.07) is 6.18.